The van der Waals surface area contributed by atoms with Gasteiger partial charge in [0.05, 0.1) is 0 Å². The predicted octanol–water partition coefficient (Wildman–Crippen LogP) is -1.69. The fraction of sp³-hybridized carbons (Fsp3) is 0.500. The van der Waals surface area contributed by atoms with E-state index in [1.165, 1.54) is 0 Å². The Bertz CT molecular complexity index is 317. The van der Waals surface area contributed by atoms with E-state index in [0.717, 1.165) is 0 Å². The van der Waals surface area contributed by atoms with E-state index in [1.54, 1.807) is 0 Å². The van der Waals surface area contributed by atoms with Crippen molar-refractivity contribution < 1.29 is 19.2 Å². The van der Waals surface area contributed by atoms with Gasteiger partial charge in [-0.1, -0.05) is 0 Å². The minimum Gasteiger partial charge on any atom is -0.296 e. The van der Waals surface area contributed by atoms with Crippen molar-refractivity contribution >= 4 is 23.6 Å². The summed E-state index contributed by atoms with van der Waals surface area (Å²) >= 11 is 0. The number of carbonyl (C=O) groups is 4. The SMILES string of the molecule is O=C1CC2CC(=O)NC(=O)C2C(=O)N1. The van der Waals surface area contributed by atoms with E-state index in [-0.39, 0.29) is 12.8 Å². The van der Waals surface area contributed by atoms with Crippen molar-refractivity contribution in [1.82, 2.24) is 10.6 Å². The van der Waals surface area contributed by atoms with Gasteiger partial charge in [-0.2, -0.15) is 0 Å². The molecule has 0 aromatic heterocycles. The maximum Gasteiger partial charge on any atom is 0.239 e. The first-order valence-corrected chi connectivity index (χ1v) is 4.25. The van der Waals surface area contributed by atoms with Crippen molar-refractivity contribution in [3.63, 3.8) is 0 Å². The third-order valence-electron chi connectivity index (χ3n) is 2.46. The molecule has 0 atom stereocenters. The molecule has 2 aliphatic rings. The fourth-order valence-electron chi connectivity index (χ4n) is 1.86. The Balaban J connectivity index is 2.26. The molecule has 2 saturated heterocycles. The molecule has 6 nitrogen and oxygen atoms in total. The van der Waals surface area contributed by atoms with Gasteiger partial charge in [0, 0.05) is 12.8 Å². The number of piperidine rings is 2. The quantitative estimate of drug-likeness (QED) is 0.357. The van der Waals surface area contributed by atoms with E-state index in [1.807, 2.05) is 0 Å². The lowest BCUT2D eigenvalue weighted by Gasteiger charge is -2.31. The number of fused-ring (bicyclic) bond motifs is 1. The Morgan fingerprint density at radius 2 is 1.29 bits per heavy atom. The second kappa shape index (κ2) is 2.90. The van der Waals surface area contributed by atoms with Gasteiger partial charge >= 0.3 is 0 Å². The zero-order valence-corrected chi connectivity index (χ0v) is 7.20. The molecular weight excluding hydrogens is 188 g/mol. The van der Waals surface area contributed by atoms with E-state index in [4.69, 9.17) is 0 Å². The van der Waals surface area contributed by atoms with E-state index < -0.39 is 35.5 Å². The van der Waals surface area contributed by atoms with Gasteiger partial charge in [-0.25, -0.2) is 0 Å². The maximum atomic E-state index is 11.3. The first kappa shape index (κ1) is 8.86. The van der Waals surface area contributed by atoms with Crippen LogP contribution >= 0.6 is 0 Å². The van der Waals surface area contributed by atoms with Crippen LogP contribution in [0.2, 0.25) is 0 Å². The Morgan fingerprint density at radius 1 is 0.857 bits per heavy atom. The Morgan fingerprint density at radius 3 is 1.71 bits per heavy atom. The highest BCUT2D eigenvalue weighted by atomic mass is 16.2. The van der Waals surface area contributed by atoms with Crippen LogP contribution in [-0.2, 0) is 19.2 Å². The molecule has 0 aromatic carbocycles. The molecule has 2 aliphatic heterocycles. The summed E-state index contributed by atoms with van der Waals surface area (Å²) < 4.78 is 0. The molecule has 14 heavy (non-hydrogen) atoms. The van der Waals surface area contributed by atoms with Crippen LogP contribution in [0.25, 0.3) is 0 Å². The topological polar surface area (TPSA) is 92.3 Å². The summed E-state index contributed by atoms with van der Waals surface area (Å²) in [5.74, 6) is -3.38. The van der Waals surface area contributed by atoms with Crippen LogP contribution < -0.4 is 10.6 Å². The highest BCUT2D eigenvalue weighted by molar-refractivity contribution is 6.14. The molecule has 0 spiro atoms. The lowest BCUT2D eigenvalue weighted by molar-refractivity contribution is -0.149. The zero-order chi connectivity index (χ0) is 10.3. The molecule has 0 bridgehead atoms. The molecule has 0 aromatic rings. The van der Waals surface area contributed by atoms with Crippen molar-refractivity contribution in [3.8, 4) is 0 Å². The van der Waals surface area contributed by atoms with Crippen molar-refractivity contribution in [3.05, 3.63) is 0 Å². The lowest BCUT2D eigenvalue weighted by atomic mass is 9.80. The number of imide groups is 2. The summed E-state index contributed by atoms with van der Waals surface area (Å²) in [4.78, 5) is 44.4. The van der Waals surface area contributed by atoms with Crippen LogP contribution in [0.1, 0.15) is 12.8 Å². The third-order valence-corrected chi connectivity index (χ3v) is 2.46. The smallest absolute Gasteiger partial charge is 0.239 e. The average molecular weight is 196 g/mol. The third kappa shape index (κ3) is 1.28. The molecule has 0 unspecified atom stereocenters. The molecule has 0 saturated carbocycles. The van der Waals surface area contributed by atoms with Gasteiger partial charge in [-0.05, 0) is 5.92 Å². The summed E-state index contributed by atoms with van der Waals surface area (Å²) in [6.45, 7) is 0. The number of carbonyl (C=O) groups excluding carboxylic acids is 4. The summed E-state index contributed by atoms with van der Waals surface area (Å²) in [7, 11) is 0. The molecule has 0 radical (unpaired) electrons. The number of amides is 4. The number of rotatable bonds is 0. The maximum absolute atomic E-state index is 11.3. The number of hydrogen-bond acceptors (Lipinski definition) is 4. The van der Waals surface area contributed by atoms with Crippen LogP contribution in [0, 0.1) is 11.8 Å². The largest absolute Gasteiger partial charge is 0.296 e. The van der Waals surface area contributed by atoms with E-state index in [2.05, 4.69) is 10.6 Å². The van der Waals surface area contributed by atoms with Crippen LogP contribution in [0.3, 0.4) is 0 Å². The van der Waals surface area contributed by atoms with Crippen LogP contribution in [0.15, 0.2) is 0 Å². The molecule has 74 valence electrons. The first-order chi connectivity index (χ1) is 6.58. The Labute approximate surface area is 79.0 Å². The molecule has 6 heteroatoms. The molecule has 4 amide bonds. The normalized spacial score (nSPS) is 32.0. The summed E-state index contributed by atoms with van der Waals surface area (Å²) in [6.07, 6.45) is 0.130. The Hall–Kier alpha value is -1.72. The molecular formula is C8H8N2O4. The minimum atomic E-state index is -0.884. The predicted molar refractivity (Wildman–Crippen MR) is 42.5 cm³/mol. The van der Waals surface area contributed by atoms with Crippen LogP contribution in [0.5, 0.6) is 0 Å². The second-order valence-electron chi connectivity index (χ2n) is 3.47. The minimum absolute atomic E-state index is 0.0650. The van der Waals surface area contributed by atoms with Gasteiger partial charge in [0.2, 0.25) is 23.6 Å². The van der Waals surface area contributed by atoms with E-state index in [0.29, 0.717) is 0 Å². The molecule has 0 aliphatic carbocycles. The summed E-state index contributed by atoms with van der Waals surface area (Å²) in [5.41, 5.74) is 0. The van der Waals surface area contributed by atoms with Crippen molar-refractivity contribution in [2.45, 2.75) is 12.8 Å². The molecule has 2 fully saturated rings. The van der Waals surface area contributed by atoms with Gasteiger partial charge in [0.25, 0.3) is 0 Å². The van der Waals surface area contributed by atoms with Gasteiger partial charge in [-0.3, -0.25) is 29.8 Å². The van der Waals surface area contributed by atoms with Crippen molar-refractivity contribution in [1.29, 1.82) is 0 Å². The second-order valence-corrected chi connectivity index (χ2v) is 3.47. The highest BCUT2D eigenvalue weighted by Crippen LogP contribution is 2.27. The summed E-state index contributed by atoms with van der Waals surface area (Å²) in [6, 6.07) is 0. The fourth-order valence-corrected chi connectivity index (χ4v) is 1.86. The van der Waals surface area contributed by atoms with Crippen molar-refractivity contribution in [2.75, 3.05) is 0 Å². The average Bonchev–Trinajstić information content (AvgIpc) is 1.99. The van der Waals surface area contributed by atoms with Gasteiger partial charge < -0.3 is 0 Å². The molecule has 2 heterocycles. The zero-order valence-electron chi connectivity index (χ0n) is 7.20. The first-order valence-electron chi connectivity index (χ1n) is 4.25. The van der Waals surface area contributed by atoms with Gasteiger partial charge in [-0.15, -0.1) is 0 Å². The van der Waals surface area contributed by atoms with Crippen molar-refractivity contribution in [2.24, 2.45) is 11.8 Å². The number of hydrogen-bond donors (Lipinski definition) is 2. The highest BCUT2D eigenvalue weighted by Gasteiger charge is 2.45. The van der Waals surface area contributed by atoms with Crippen LogP contribution in [-0.4, -0.2) is 23.6 Å². The molecule has 2 rings (SSSR count). The lowest BCUT2D eigenvalue weighted by Crippen LogP contribution is -2.57. The number of nitrogens with one attached hydrogen (secondary N) is 2. The van der Waals surface area contributed by atoms with Crippen LogP contribution in [0.4, 0.5) is 0 Å². The van der Waals surface area contributed by atoms with Gasteiger partial charge in [0.15, 0.2) is 0 Å². The molecule has 2 N–H and O–H groups in total. The monoisotopic (exact) mass is 196 g/mol. The van der Waals surface area contributed by atoms with E-state index in [9.17, 15) is 19.2 Å². The van der Waals surface area contributed by atoms with Gasteiger partial charge in [0.1, 0.15) is 5.92 Å². The van der Waals surface area contributed by atoms with E-state index >= 15 is 0 Å². The summed E-state index contributed by atoms with van der Waals surface area (Å²) in [5, 5.41) is 4.15. The Kier molecular flexibility index (Phi) is 1.83. The standard InChI is InChI=1S/C8H8N2O4/c11-4-1-3-2-5(12)10-8(14)6(3)7(13)9-4/h3,6H,1-2H2,(H,9,11,13)(H,10,12,14).